The van der Waals surface area contributed by atoms with Crippen LogP contribution in [0.15, 0.2) is 22.7 Å². The van der Waals surface area contributed by atoms with E-state index in [0.29, 0.717) is 11.4 Å². The van der Waals surface area contributed by atoms with Crippen LogP contribution in [0.4, 0.5) is 10.2 Å². The SMILES string of the molecule is CCc1nc(-c2ccc(F)c(C)c2)nc(NC)c1Br. The van der Waals surface area contributed by atoms with Crippen LogP contribution in [-0.4, -0.2) is 17.0 Å². The van der Waals surface area contributed by atoms with Crippen molar-refractivity contribution in [2.45, 2.75) is 20.3 Å². The molecule has 0 aliphatic carbocycles. The van der Waals surface area contributed by atoms with E-state index in [-0.39, 0.29) is 5.82 Å². The van der Waals surface area contributed by atoms with Crippen molar-refractivity contribution in [2.24, 2.45) is 0 Å². The highest BCUT2D eigenvalue weighted by molar-refractivity contribution is 9.10. The molecule has 2 rings (SSSR count). The molecule has 1 aromatic carbocycles. The van der Waals surface area contributed by atoms with Crippen molar-refractivity contribution in [1.29, 1.82) is 0 Å². The Morgan fingerprint density at radius 2 is 2.05 bits per heavy atom. The van der Waals surface area contributed by atoms with Crippen LogP contribution in [0.1, 0.15) is 18.2 Å². The number of aromatic nitrogens is 2. The van der Waals surface area contributed by atoms with E-state index in [1.165, 1.54) is 6.07 Å². The average molecular weight is 324 g/mol. The number of hydrogen-bond acceptors (Lipinski definition) is 3. The van der Waals surface area contributed by atoms with Crippen molar-refractivity contribution in [2.75, 3.05) is 12.4 Å². The van der Waals surface area contributed by atoms with E-state index in [2.05, 4.69) is 31.2 Å². The molecule has 2 aromatic rings. The fourth-order valence-electron chi connectivity index (χ4n) is 1.81. The molecule has 0 fully saturated rings. The van der Waals surface area contributed by atoms with Crippen LogP contribution in [0.25, 0.3) is 11.4 Å². The van der Waals surface area contributed by atoms with Crippen molar-refractivity contribution >= 4 is 21.7 Å². The number of hydrogen-bond donors (Lipinski definition) is 1. The van der Waals surface area contributed by atoms with Gasteiger partial charge in [-0.2, -0.15) is 0 Å². The highest BCUT2D eigenvalue weighted by Crippen LogP contribution is 2.27. The maximum absolute atomic E-state index is 13.3. The fourth-order valence-corrected chi connectivity index (χ4v) is 2.46. The van der Waals surface area contributed by atoms with Gasteiger partial charge in [0.2, 0.25) is 0 Å². The van der Waals surface area contributed by atoms with Gasteiger partial charge in [0.15, 0.2) is 5.82 Å². The Morgan fingerprint density at radius 3 is 2.63 bits per heavy atom. The average Bonchev–Trinajstić information content (AvgIpc) is 2.42. The first-order chi connectivity index (χ1) is 9.06. The van der Waals surface area contributed by atoms with E-state index < -0.39 is 0 Å². The lowest BCUT2D eigenvalue weighted by Gasteiger charge is -2.10. The Kier molecular flexibility index (Phi) is 4.14. The summed E-state index contributed by atoms with van der Waals surface area (Å²) >= 11 is 3.49. The molecule has 0 aliphatic heterocycles. The van der Waals surface area contributed by atoms with E-state index in [1.54, 1.807) is 19.1 Å². The zero-order valence-corrected chi connectivity index (χ0v) is 12.7. The first-order valence-corrected chi connectivity index (χ1v) is 6.86. The van der Waals surface area contributed by atoms with Gasteiger partial charge in [-0.25, -0.2) is 14.4 Å². The molecule has 0 atom stereocenters. The smallest absolute Gasteiger partial charge is 0.161 e. The van der Waals surface area contributed by atoms with Crippen molar-refractivity contribution in [3.8, 4) is 11.4 Å². The molecule has 19 heavy (non-hydrogen) atoms. The van der Waals surface area contributed by atoms with Crippen LogP contribution in [0.2, 0.25) is 0 Å². The third-order valence-corrected chi connectivity index (χ3v) is 3.74. The Bertz CT molecular complexity index is 589. The third-order valence-electron chi connectivity index (χ3n) is 2.91. The van der Waals surface area contributed by atoms with Crippen LogP contribution >= 0.6 is 15.9 Å². The molecular weight excluding hydrogens is 309 g/mol. The van der Waals surface area contributed by atoms with Crippen LogP contribution in [-0.2, 0) is 6.42 Å². The Morgan fingerprint density at radius 1 is 1.32 bits per heavy atom. The van der Waals surface area contributed by atoms with Crippen LogP contribution in [0.5, 0.6) is 0 Å². The quantitative estimate of drug-likeness (QED) is 0.929. The van der Waals surface area contributed by atoms with E-state index in [9.17, 15) is 4.39 Å². The molecule has 0 saturated heterocycles. The number of halogens is 2. The number of rotatable bonds is 3. The van der Waals surface area contributed by atoms with Crippen LogP contribution < -0.4 is 5.32 Å². The normalized spacial score (nSPS) is 10.6. The van der Waals surface area contributed by atoms with Crippen molar-refractivity contribution in [3.05, 3.63) is 39.7 Å². The lowest BCUT2D eigenvalue weighted by molar-refractivity contribution is 0.618. The summed E-state index contributed by atoms with van der Waals surface area (Å²) in [6.07, 6.45) is 0.797. The maximum atomic E-state index is 13.3. The molecule has 0 bridgehead atoms. The number of anilines is 1. The molecule has 1 aromatic heterocycles. The second-order valence-corrected chi connectivity index (χ2v) is 5.02. The topological polar surface area (TPSA) is 37.8 Å². The summed E-state index contributed by atoms with van der Waals surface area (Å²) < 4.78 is 14.2. The lowest BCUT2D eigenvalue weighted by atomic mass is 10.1. The van der Waals surface area contributed by atoms with E-state index in [1.807, 2.05) is 14.0 Å². The minimum Gasteiger partial charge on any atom is -0.372 e. The Balaban J connectivity index is 2.58. The van der Waals surface area contributed by atoms with Gasteiger partial charge < -0.3 is 5.32 Å². The largest absolute Gasteiger partial charge is 0.372 e. The van der Waals surface area contributed by atoms with E-state index >= 15 is 0 Å². The third kappa shape index (κ3) is 2.76. The second-order valence-electron chi connectivity index (χ2n) is 4.22. The van der Waals surface area contributed by atoms with Gasteiger partial charge in [-0.15, -0.1) is 0 Å². The zero-order chi connectivity index (χ0) is 14.0. The standard InChI is InChI=1S/C14H15BrFN3/c1-4-11-12(15)14(17-3)19-13(18-11)9-5-6-10(16)8(2)7-9/h5-7H,4H2,1-3H3,(H,17,18,19). The van der Waals surface area contributed by atoms with Crippen molar-refractivity contribution < 1.29 is 4.39 Å². The summed E-state index contributed by atoms with van der Waals surface area (Å²) in [5, 5.41) is 3.03. The molecule has 0 radical (unpaired) electrons. The predicted molar refractivity (Wildman–Crippen MR) is 78.8 cm³/mol. The fraction of sp³-hybridized carbons (Fsp3) is 0.286. The van der Waals surface area contributed by atoms with Gasteiger partial charge in [-0.05, 0) is 53.0 Å². The molecule has 3 nitrogen and oxygen atoms in total. The highest BCUT2D eigenvalue weighted by atomic mass is 79.9. The molecule has 1 N–H and O–H groups in total. The number of aryl methyl sites for hydroxylation is 2. The second kappa shape index (κ2) is 5.65. The molecule has 0 spiro atoms. The summed E-state index contributed by atoms with van der Waals surface area (Å²) in [5.41, 5.74) is 2.34. The molecule has 0 aliphatic rings. The highest BCUT2D eigenvalue weighted by Gasteiger charge is 2.12. The Hall–Kier alpha value is -1.49. The van der Waals surface area contributed by atoms with Gasteiger partial charge in [-0.3, -0.25) is 0 Å². The van der Waals surface area contributed by atoms with Crippen LogP contribution in [0.3, 0.4) is 0 Å². The van der Waals surface area contributed by atoms with Gasteiger partial charge in [0, 0.05) is 12.6 Å². The van der Waals surface area contributed by atoms with Crippen molar-refractivity contribution in [1.82, 2.24) is 9.97 Å². The zero-order valence-electron chi connectivity index (χ0n) is 11.1. The van der Waals surface area contributed by atoms with Crippen molar-refractivity contribution in [3.63, 3.8) is 0 Å². The minimum absolute atomic E-state index is 0.217. The maximum Gasteiger partial charge on any atom is 0.161 e. The summed E-state index contributed by atoms with van der Waals surface area (Å²) in [4.78, 5) is 8.97. The monoisotopic (exact) mass is 323 g/mol. The van der Waals surface area contributed by atoms with Crippen LogP contribution in [0, 0.1) is 12.7 Å². The summed E-state index contributed by atoms with van der Waals surface area (Å²) in [6, 6.07) is 4.91. The summed E-state index contributed by atoms with van der Waals surface area (Å²) in [5.74, 6) is 1.13. The van der Waals surface area contributed by atoms with Gasteiger partial charge in [-0.1, -0.05) is 6.92 Å². The molecule has 0 amide bonds. The van der Waals surface area contributed by atoms with Gasteiger partial charge in [0.25, 0.3) is 0 Å². The number of nitrogens with one attached hydrogen (secondary N) is 1. The first kappa shape index (κ1) is 13.9. The minimum atomic E-state index is -0.217. The molecule has 1 heterocycles. The van der Waals surface area contributed by atoms with Gasteiger partial charge in [0.1, 0.15) is 11.6 Å². The molecule has 5 heteroatoms. The molecule has 100 valence electrons. The van der Waals surface area contributed by atoms with E-state index in [0.717, 1.165) is 28.0 Å². The number of nitrogens with zero attached hydrogens (tertiary/aromatic N) is 2. The van der Waals surface area contributed by atoms with Gasteiger partial charge in [0.05, 0.1) is 10.2 Å². The van der Waals surface area contributed by atoms with E-state index in [4.69, 9.17) is 0 Å². The van der Waals surface area contributed by atoms with Gasteiger partial charge >= 0.3 is 0 Å². The lowest BCUT2D eigenvalue weighted by Crippen LogP contribution is -2.03. The predicted octanol–water partition coefficient (Wildman–Crippen LogP) is 3.96. The Labute approximate surface area is 120 Å². The summed E-state index contributed by atoms with van der Waals surface area (Å²) in [7, 11) is 1.81. The first-order valence-electron chi connectivity index (χ1n) is 6.07. The molecular formula is C14H15BrFN3. The molecule has 0 saturated carbocycles. The molecule has 0 unspecified atom stereocenters. The number of benzene rings is 1. The summed E-state index contributed by atoms with van der Waals surface area (Å²) in [6.45, 7) is 3.77.